The summed E-state index contributed by atoms with van der Waals surface area (Å²) in [6, 6.07) is 5.71. The van der Waals surface area contributed by atoms with E-state index >= 15 is 0 Å². The van der Waals surface area contributed by atoms with Crippen LogP contribution in [0.5, 0.6) is 0 Å². The predicted molar refractivity (Wildman–Crippen MR) is 71.8 cm³/mol. The van der Waals surface area contributed by atoms with Crippen LogP contribution >= 0.6 is 11.6 Å². The Labute approximate surface area is 118 Å². The quantitative estimate of drug-likeness (QED) is 0.684. The summed E-state index contributed by atoms with van der Waals surface area (Å²) in [6.45, 7) is 2.16. The van der Waals surface area contributed by atoms with Gasteiger partial charge in [0.2, 0.25) is 0 Å². The van der Waals surface area contributed by atoms with Crippen LogP contribution in [0.25, 0.3) is 11.0 Å². The first kappa shape index (κ1) is 13.1. The van der Waals surface area contributed by atoms with Crippen molar-refractivity contribution in [2.75, 3.05) is 0 Å². The highest BCUT2D eigenvalue weighted by atomic mass is 35.5. The molecule has 0 amide bonds. The molecule has 2 aromatic heterocycles. The van der Waals surface area contributed by atoms with Crippen LogP contribution in [0.1, 0.15) is 17.3 Å². The molecule has 0 spiro atoms. The van der Waals surface area contributed by atoms with Gasteiger partial charge in [0.25, 0.3) is 0 Å². The highest BCUT2D eigenvalue weighted by Crippen LogP contribution is 2.23. The maximum atomic E-state index is 13.7. The number of rotatable bonds is 3. The molecule has 0 aliphatic rings. The summed E-state index contributed by atoms with van der Waals surface area (Å²) in [5, 5.41) is 0. The fourth-order valence-corrected chi connectivity index (χ4v) is 2.41. The van der Waals surface area contributed by atoms with Crippen LogP contribution in [-0.4, -0.2) is 9.55 Å². The zero-order valence-electron chi connectivity index (χ0n) is 10.7. The molecule has 0 radical (unpaired) electrons. The zero-order valence-corrected chi connectivity index (χ0v) is 11.4. The Morgan fingerprint density at radius 3 is 2.75 bits per heavy atom. The van der Waals surface area contributed by atoms with E-state index in [-0.39, 0.29) is 11.4 Å². The summed E-state index contributed by atoms with van der Waals surface area (Å²) in [6.07, 6.45) is 0. The number of imidazole rings is 1. The van der Waals surface area contributed by atoms with Crippen molar-refractivity contribution >= 4 is 22.6 Å². The molecule has 0 bridgehead atoms. The molecule has 3 nitrogen and oxygen atoms in total. The van der Waals surface area contributed by atoms with Crippen molar-refractivity contribution in [3.8, 4) is 0 Å². The van der Waals surface area contributed by atoms with Crippen LogP contribution in [0.3, 0.4) is 0 Å². The van der Waals surface area contributed by atoms with Crippen LogP contribution in [0.15, 0.2) is 28.7 Å². The van der Waals surface area contributed by atoms with Gasteiger partial charge in [-0.25, -0.2) is 13.8 Å². The fourth-order valence-electron chi connectivity index (χ4n) is 2.20. The lowest BCUT2D eigenvalue weighted by Crippen LogP contribution is -2.03. The van der Waals surface area contributed by atoms with Gasteiger partial charge in [-0.05, 0) is 25.1 Å². The van der Waals surface area contributed by atoms with E-state index in [0.717, 1.165) is 11.8 Å². The minimum absolute atomic E-state index is 0.107. The van der Waals surface area contributed by atoms with Gasteiger partial charge < -0.3 is 8.98 Å². The second-order valence-corrected chi connectivity index (χ2v) is 4.78. The molecule has 0 atom stereocenters. The first-order valence-electron chi connectivity index (χ1n) is 6.04. The summed E-state index contributed by atoms with van der Waals surface area (Å²) in [4.78, 5) is 4.12. The molecule has 2 heterocycles. The third-order valence-corrected chi connectivity index (χ3v) is 3.32. The van der Waals surface area contributed by atoms with Gasteiger partial charge in [0.15, 0.2) is 5.82 Å². The fraction of sp³-hybridized carbons (Fsp3) is 0.214. The number of nitrogens with zero attached hydrogens (tertiary/aromatic N) is 2. The molecule has 0 unspecified atom stereocenters. The molecule has 0 aliphatic heterocycles. The highest BCUT2D eigenvalue weighted by molar-refractivity contribution is 6.16. The van der Waals surface area contributed by atoms with E-state index in [1.807, 2.05) is 19.1 Å². The molecule has 0 aliphatic carbocycles. The average molecular weight is 297 g/mol. The van der Waals surface area contributed by atoms with E-state index < -0.39 is 11.6 Å². The lowest BCUT2D eigenvalue weighted by molar-refractivity contribution is 0.470. The third-order valence-electron chi connectivity index (χ3n) is 3.08. The number of alkyl halides is 1. The van der Waals surface area contributed by atoms with E-state index in [1.165, 1.54) is 6.07 Å². The van der Waals surface area contributed by atoms with Gasteiger partial charge in [0, 0.05) is 6.07 Å². The molecule has 0 saturated carbocycles. The predicted octanol–water partition coefficient (Wildman–Crippen LogP) is 4.00. The van der Waals surface area contributed by atoms with Gasteiger partial charge in [0.1, 0.15) is 28.7 Å². The van der Waals surface area contributed by atoms with E-state index in [9.17, 15) is 8.78 Å². The van der Waals surface area contributed by atoms with Gasteiger partial charge in [-0.2, -0.15) is 0 Å². The number of aromatic nitrogens is 2. The zero-order chi connectivity index (χ0) is 14.3. The van der Waals surface area contributed by atoms with E-state index in [2.05, 4.69) is 4.98 Å². The number of hydrogen-bond donors (Lipinski definition) is 0. The monoisotopic (exact) mass is 296 g/mol. The van der Waals surface area contributed by atoms with Crippen molar-refractivity contribution in [2.45, 2.75) is 19.3 Å². The summed E-state index contributed by atoms with van der Waals surface area (Å²) in [5.41, 5.74) is 0.484. The van der Waals surface area contributed by atoms with Crippen LogP contribution in [-0.2, 0) is 12.4 Å². The van der Waals surface area contributed by atoms with Gasteiger partial charge >= 0.3 is 0 Å². The Kier molecular flexibility index (Phi) is 3.22. The standard InChI is InChI=1S/C14H11ClF2N2O/c1-8-2-3-10(20-8)7-19-12-5-9(16)4-11(17)14(12)18-13(19)6-15/h2-5H,6-7H2,1H3. The second kappa shape index (κ2) is 4.90. The SMILES string of the molecule is Cc1ccc(Cn2c(CCl)nc3c(F)cc(F)cc32)o1. The normalized spacial score (nSPS) is 11.4. The molecule has 1 aromatic carbocycles. The lowest BCUT2D eigenvalue weighted by atomic mass is 10.3. The Hall–Kier alpha value is -1.88. The lowest BCUT2D eigenvalue weighted by Gasteiger charge is -2.05. The van der Waals surface area contributed by atoms with E-state index in [0.29, 0.717) is 23.6 Å². The largest absolute Gasteiger partial charge is 0.464 e. The average Bonchev–Trinajstić information content (AvgIpc) is 2.95. The van der Waals surface area contributed by atoms with Crippen LogP contribution in [0.2, 0.25) is 0 Å². The molecule has 3 rings (SSSR count). The molecule has 3 aromatic rings. The number of hydrogen-bond acceptors (Lipinski definition) is 2. The minimum Gasteiger partial charge on any atom is -0.464 e. The first-order chi connectivity index (χ1) is 9.58. The van der Waals surface area contributed by atoms with E-state index in [1.54, 1.807) is 4.57 Å². The summed E-state index contributed by atoms with van der Waals surface area (Å²) in [5.74, 6) is 0.691. The Morgan fingerprint density at radius 1 is 1.30 bits per heavy atom. The third kappa shape index (κ3) is 2.18. The number of halogens is 3. The molecule has 6 heteroatoms. The molecular formula is C14H11ClF2N2O. The van der Waals surface area contributed by atoms with Crippen molar-refractivity contribution in [3.05, 3.63) is 53.2 Å². The van der Waals surface area contributed by atoms with Crippen molar-refractivity contribution in [1.82, 2.24) is 9.55 Å². The molecular weight excluding hydrogens is 286 g/mol. The van der Waals surface area contributed by atoms with Gasteiger partial charge in [-0.1, -0.05) is 0 Å². The Balaban J connectivity index is 2.17. The maximum absolute atomic E-state index is 13.7. The van der Waals surface area contributed by atoms with Gasteiger partial charge in [-0.15, -0.1) is 11.6 Å². The number of furan rings is 1. The maximum Gasteiger partial charge on any atom is 0.153 e. The Morgan fingerprint density at radius 2 is 2.10 bits per heavy atom. The number of aryl methyl sites for hydroxylation is 1. The smallest absolute Gasteiger partial charge is 0.153 e. The van der Waals surface area contributed by atoms with Gasteiger partial charge in [0.05, 0.1) is 17.9 Å². The van der Waals surface area contributed by atoms with Crippen molar-refractivity contribution in [3.63, 3.8) is 0 Å². The minimum atomic E-state index is -0.694. The summed E-state index contributed by atoms with van der Waals surface area (Å²) in [7, 11) is 0. The van der Waals surface area contributed by atoms with Crippen molar-refractivity contribution in [2.24, 2.45) is 0 Å². The second-order valence-electron chi connectivity index (χ2n) is 4.52. The molecule has 104 valence electrons. The highest BCUT2D eigenvalue weighted by Gasteiger charge is 2.16. The van der Waals surface area contributed by atoms with E-state index in [4.69, 9.17) is 16.0 Å². The summed E-state index contributed by atoms with van der Waals surface area (Å²) >= 11 is 5.84. The van der Waals surface area contributed by atoms with Crippen LogP contribution < -0.4 is 0 Å². The molecule has 20 heavy (non-hydrogen) atoms. The van der Waals surface area contributed by atoms with Crippen molar-refractivity contribution < 1.29 is 13.2 Å². The van der Waals surface area contributed by atoms with Crippen LogP contribution in [0, 0.1) is 18.6 Å². The molecule has 0 fully saturated rings. The Bertz CT molecular complexity index is 779. The van der Waals surface area contributed by atoms with Crippen LogP contribution in [0.4, 0.5) is 8.78 Å². The molecule has 0 saturated heterocycles. The summed E-state index contributed by atoms with van der Waals surface area (Å²) < 4.78 is 34.3. The van der Waals surface area contributed by atoms with Crippen molar-refractivity contribution in [1.29, 1.82) is 0 Å². The topological polar surface area (TPSA) is 31.0 Å². The molecule has 0 N–H and O–H groups in total. The first-order valence-corrected chi connectivity index (χ1v) is 6.57. The van der Waals surface area contributed by atoms with Gasteiger partial charge in [-0.3, -0.25) is 0 Å². The number of benzene rings is 1. The number of fused-ring (bicyclic) bond motifs is 1.